The van der Waals surface area contributed by atoms with Gasteiger partial charge in [-0.2, -0.15) is 0 Å². The normalized spacial score (nSPS) is 11.1. The lowest BCUT2D eigenvalue weighted by Gasteiger charge is -2.09. The van der Waals surface area contributed by atoms with Gasteiger partial charge in [0.15, 0.2) is 0 Å². The molecule has 0 spiro atoms. The average molecular weight is 291 g/mol. The Morgan fingerprint density at radius 1 is 0.905 bits per heavy atom. The predicted molar refractivity (Wildman–Crippen MR) is 89.1 cm³/mol. The summed E-state index contributed by atoms with van der Waals surface area (Å²) >= 11 is 1.70. The molecule has 4 rings (SSSR count). The highest BCUT2D eigenvalue weighted by Crippen LogP contribution is 2.40. The van der Waals surface area contributed by atoms with Gasteiger partial charge in [-0.3, -0.25) is 0 Å². The summed E-state index contributed by atoms with van der Waals surface area (Å²) in [6, 6.07) is 20.7. The maximum absolute atomic E-state index is 5.57. The van der Waals surface area contributed by atoms with Crippen molar-refractivity contribution in [2.24, 2.45) is 0 Å². The third-order valence-corrected chi connectivity index (χ3v) is 4.67. The van der Waals surface area contributed by atoms with Gasteiger partial charge in [0.25, 0.3) is 0 Å². The summed E-state index contributed by atoms with van der Waals surface area (Å²) in [5.41, 5.74) is 2.12. The van der Waals surface area contributed by atoms with Crippen molar-refractivity contribution in [3.8, 4) is 16.3 Å². The number of hydrogen-bond acceptors (Lipinski definition) is 3. The van der Waals surface area contributed by atoms with Crippen LogP contribution >= 0.6 is 11.3 Å². The summed E-state index contributed by atoms with van der Waals surface area (Å²) in [5.74, 6) is 0.868. The van der Waals surface area contributed by atoms with E-state index in [1.54, 1.807) is 18.4 Å². The molecule has 3 aromatic carbocycles. The molecule has 4 aromatic rings. The molecule has 102 valence electrons. The smallest absolute Gasteiger partial charge is 0.129 e. The molecule has 0 atom stereocenters. The van der Waals surface area contributed by atoms with Crippen molar-refractivity contribution in [2.75, 3.05) is 7.11 Å². The topological polar surface area (TPSA) is 22.1 Å². The summed E-state index contributed by atoms with van der Waals surface area (Å²) in [4.78, 5) is 4.78. The Hall–Kier alpha value is -2.39. The van der Waals surface area contributed by atoms with Crippen LogP contribution in [0.3, 0.4) is 0 Å². The second kappa shape index (κ2) is 4.86. The number of thiazole rings is 1. The molecule has 0 saturated carbocycles. The van der Waals surface area contributed by atoms with Gasteiger partial charge in [0.2, 0.25) is 0 Å². The Balaban J connectivity index is 2.08. The molecule has 0 aliphatic rings. The van der Waals surface area contributed by atoms with Gasteiger partial charge in [-0.25, -0.2) is 4.98 Å². The highest BCUT2D eigenvalue weighted by molar-refractivity contribution is 7.21. The second-order valence-electron chi connectivity index (χ2n) is 4.85. The monoisotopic (exact) mass is 291 g/mol. The van der Waals surface area contributed by atoms with Crippen molar-refractivity contribution < 1.29 is 4.74 Å². The summed E-state index contributed by atoms with van der Waals surface area (Å²) in [7, 11) is 1.71. The molecule has 21 heavy (non-hydrogen) atoms. The number of para-hydroxylation sites is 1. The lowest BCUT2D eigenvalue weighted by molar-refractivity contribution is 0.417. The van der Waals surface area contributed by atoms with E-state index in [1.807, 2.05) is 24.3 Å². The number of methoxy groups -OCH3 is 1. The molecule has 0 amide bonds. The highest BCUT2D eigenvalue weighted by Gasteiger charge is 2.14. The van der Waals surface area contributed by atoms with Crippen molar-refractivity contribution in [1.82, 2.24) is 4.98 Å². The number of rotatable bonds is 2. The lowest BCUT2D eigenvalue weighted by atomic mass is 10.0. The van der Waals surface area contributed by atoms with Crippen molar-refractivity contribution >= 4 is 32.3 Å². The van der Waals surface area contributed by atoms with E-state index in [0.717, 1.165) is 21.8 Å². The molecule has 2 nitrogen and oxygen atoms in total. The summed E-state index contributed by atoms with van der Waals surface area (Å²) in [6.45, 7) is 0. The van der Waals surface area contributed by atoms with Crippen molar-refractivity contribution in [3.05, 3.63) is 60.7 Å². The third-order valence-electron chi connectivity index (χ3n) is 3.62. The first kappa shape index (κ1) is 12.4. The molecule has 0 radical (unpaired) electrons. The highest BCUT2D eigenvalue weighted by atomic mass is 32.1. The summed E-state index contributed by atoms with van der Waals surface area (Å²) < 4.78 is 6.77. The van der Waals surface area contributed by atoms with Gasteiger partial charge < -0.3 is 4.74 Å². The van der Waals surface area contributed by atoms with E-state index in [4.69, 9.17) is 9.72 Å². The molecule has 0 aliphatic carbocycles. The number of benzene rings is 3. The van der Waals surface area contributed by atoms with Crippen molar-refractivity contribution in [1.29, 1.82) is 0 Å². The van der Waals surface area contributed by atoms with Crippen LogP contribution in [0.15, 0.2) is 60.7 Å². The van der Waals surface area contributed by atoms with E-state index in [0.29, 0.717) is 0 Å². The van der Waals surface area contributed by atoms with E-state index in [2.05, 4.69) is 36.4 Å². The zero-order valence-corrected chi connectivity index (χ0v) is 12.4. The molecule has 0 fully saturated rings. The van der Waals surface area contributed by atoms with Crippen LogP contribution in [-0.2, 0) is 0 Å². The Bertz CT molecular complexity index is 909. The largest absolute Gasteiger partial charge is 0.496 e. The van der Waals surface area contributed by atoms with Gasteiger partial charge in [-0.05, 0) is 29.0 Å². The maximum Gasteiger partial charge on any atom is 0.129 e. The minimum absolute atomic E-state index is 0.868. The third kappa shape index (κ3) is 1.98. The van der Waals surface area contributed by atoms with Crippen LogP contribution < -0.4 is 4.74 Å². The molecular weight excluding hydrogens is 278 g/mol. The van der Waals surface area contributed by atoms with Gasteiger partial charge in [-0.1, -0.05) is 42.5 Å². The van der Waals surface area contributed by atoms with E-state index in [1.165, 1.54) is 15.5 Å². The first-order valence-corrected chi connectivity index (χ1v) is 7.60. The predicted octanol–water partition coefficient (Wildman–Crippen LogP) is 5.13. The quantitative estimate of drug-likeness (QED) is 0.511. The number of hydrogen-bond donors (Lipinski definition) is 0. The van der Waals surface area contributed by atoms with Crippen molar-refractivity contribution in [2.45, 2.75) is 0 Å². The first-order valence-electron chi connectivity index (χ1n) is 6.78. The van der Waals surface area contributed by atoms with Crippen LogP contribution in [0.4, 0.5) is 0 Å². The number of aromatic nitrogens is 1. The fourth-order valence-electron chi connectivity index (χ4n) is 2.62. The molecule has 0 bridgehead atoms. The number of ether oxygens (including phenoxy) is 1. The molecular formula is C18H13NOS. The summed E-state index contributed by atoms with van der Waals surface area (Å²) in [5, 5.41) is 3.38. The molecule has 3 heteroatoms. The van der Waals surface area contributed by atoms with Crippen LogP contribution in [0, 0.1) is 0 Å². The zero-order valence-electron chi connectivity index (χ0n) is 11.5. The SMILES string of the molecule is COc1ccc2ccccc2c1-c1nc2ccccc2s1. The minimum atomic E-state index is 0.868. The second-order valence-corrected chi connectivity index (χ2v) is 5.88. The molecule has 0 unspecified atom stereocenters. The fourth-order valence-corrected chi connectivity index (χ4v) is 3.65. The Morgan fingerprint density at radius 3 is 2.57 bits per heavy atom. The van der Waals surface area contributed by atoms with Crippen LogP contribution in [0.25, 0.3) is 31.6 Å². The minimum Gasteiger partial charge on any atom is -0.496 e. The van der Waals surface area contributed by atoms with Crippen molar-refractivity contribution in [3.63, 3.8) is 0 Å². The molecule has 0 saturated heterocycles. The first-order chi connectivity index (χ1) is 10.4. The van der Waals surface area contributed by atoms with Gasteiger partial charge in [0.05, 0.1) is 22.9 Å². The molecule has 1 heterocycles. The number of nitrogens with zero attached hydrogens (tertiary/aromatic N) is 1. The molecule has 1 aromatic heterocycles. The van der Waals surface area contributed by atoms with E-state index < -0.39 is 0 Å². The Morgan fingerprint density at radius 2 is 1.71 bits per heavy atom. The van der Waals surface area contributed by atoms with E-state index >= 15 is 0 Å². The van der Waals surface area contributed by atoms with E-state index in [9.17, 15) is 0 Å². The van der Waals surface area contributed by atoms with Gasteiger partial charge >= 0.3 is 0 Å². The van der Waals surface area contributed by atoms with E-state index in [-0.39, 0.29) is 0 Å². The van der Waals surface area contributed by atoms with Gasteiger partial charge in [0, 0.05) is 0 Å². The van der Waals surface area contributed by atoms with Crippen LogP contribution in [0.5, 0.6) is 5.75 Å². The number of fused-ring (bicyclic) bond motifs is 2. The Labute approximate surface area is 126 Å². The summed E-state index contributed by atoms with van der Waals surface area (Å²) in [6.07, 6.45) is 0. The van der Waals surface area contributed by atoms with Gasteiger partial charge in [0.1, 0.15) is 10.8 Å². The standard InChI is InChI=1S/C18H13NOS/c1-20-15-11-10-12-6-2-3-7-13(12)17(15)18-19-14-8-4-5-9-16(14)21-18/h2-11H,1H3. The lowest BCUT2D eigenvalue weighted by Crippen LogP contribution is -1.89. The van der Waals surface area contributed by atoms with Gasteiger partial charge in [-0.15, -0.1) is 11.3 Å². The maximum atomic E-state index is 5.57. The van der Waals surface area contributed by atoms with Crippen LogP contribution in [0.1, 0.15) is 0 Å². The van der Waals surface area contributed by atoms with Crippen LogP contribution in [0.2, 0.25) is 0 Å². The molecule has 0 N–H and O–H groups in total. The van der Waals surface area contributed by atoms with Crippen LogP contribution in [-0.4, -0.2) is 12.1 Å². The average Bonchev–Trinajstić information content (AvgIpc) is 2.97. The fraction of sp³-hybridized carbons (Fsp3) is 0.0556. The Kier molecular flexibility index (Phi) is 2.86. The molecule has 0 aliphatic heterocycles. The zero-order chi connectivity index (χ0) is 14.2.